The second kappa shape index (κ2) is 4.98. The maximum Gasteiger partial charge on any atom is 0.126 e. The molecule has 0 spiro atoms. The van der Waals surface area contributed by atoms with Crippen LogP contribution in [0.3, 0.4) is 0 Å². The Morgan fingerprint density at radius 2 is 1.95 bits per heavy atom. The molecule has 2 aromatic rings. The van der Waals surface area contributed by atoms with Crippen LogP contribution in [0.4, 0.5) is 8.78 Å². The molecule has 1 saturated carbocycles. The highest BCUT2D eigenvalue weighted by Gasteiger charge is 2.21. The third-order valence-electron chi connectivity index (χ3n) is 3.13. The van der Waals surface area contributed by atoms with Crippen molar-refractivity contribution in [3.63, 3.8) is 0 Å². The molecule has 1 fully saturated rings. The van der Waals surface area contributed by atoms with E-state index in [1.54, 1.807) is 0 Å². The Bertz CT molecular complexity index is 585. The van der Waals surface area contributed by atoms with Gasteiger partial charge in [0.05, 0.1) is 5.69 Å². The van der Waals surface area contributed by atoms with E-state index in [-0.39, 0.29) is 0 Å². The number of nitrogens with zero attached hydrogens (tertiary/aromatic N) is 1. The molecule has 100 valence electrons. The molecular formula is C14H14F2N2S. The summed E-state index contributed by atoms with van der Waals surface area (Å²) < 4.78 is 26.4. The lowest BCUT2D eigenvalue weighted by molar-refractivity contribution is 0.584. The number of thiazole rings is 1. The molecule has 2 nitrogen and oxygen atoms in total. The van der Waals surface area contributed by atoms with Gasteiger partial charge in [0.15, 0.2) is 0 Å². The summed E-state index contributed by atoms with van der Waals surface area (Å²) in [5.74, 6) is -1.14. The van der Waals surface area contributed by atoms with Crippen molar-refractivity contribution in [1.82, 2.24) is 10.3 Å². The Hall–Kier alpha value is -1.33. The van der Waals surface area contributed by atoms with Gasteiger partial charge in [-0.1, -0.05) is 0 Å². The quantitative estimate of drug-likeness (QED) is 0.924. The molecule has 0 unspecified atom stereocenters. The van der Waals surface area contributed by atoms with Gasteiger partial charge in [0, 0.05) is 29.1 Å². The molecule has 3 rings (SSSR count). The third kappa shape index (κ3) is 2.98. The van der Waals surface area contributed by atoms with Crippen molar-refractivity contribution >= 4 is 11.3 Å². The van der Waals surface area contributed by atoms with Crippen LogP contribution < -0.4 is 5.32 Å². The lowest BCUT2D eigenvalue weighted by atomic mass is 10.2. The van der Waals surface area contributed by atoms with E-state index in [1.807, 2.05) is 6.92 Å². The van der Waals surface area contributed by atoms with E-state index in [9.17, 15) is 8.78 Å². The number of hydrogen-bond acceptors (Lipinski definition) is 3. The summed E-state index contributed by atoms with van der Waals surface area (Å²) >= 11 is 1.49. The Balaban J connectivity index is 1.85. The average Bonchev–Trinajstić information content (AvgIpc) is 3.09. The van der Waals surface area contributed by atoms with Gasteiger partial charge in [-0.15, -0.1) is 11.3 Å². The summed E-state index contributed by atoms with van der Waals surface area (Å²) in [6, 6.07) is 4.15. The van der Waals surface area contributed by atoms with Gasteiger partial charge in [0.2, 0.25) is 0 Å². The van der Waals surface area contributed by atoms with Crippen LogP contribution in [0, 0.1) is 18.6 Å². The van der Waals surface area contributed by atoms with Crippen molar-refractivity contribution in [3.8, 4) is 10.6 Å². The van der Waals surface area contributed by atoms with E-state index in [2.05, 4.69) is 10.3 Å². The Morgan fingerprint density at radius 3 is 2.58 bits per heavy atom. The number of aromatic nitrogens is 1. The van der Waals surface area contributed by atoms with Crippen molar-refractivity contribution in [2.45, 2.75) is 32.4 Å². The topological polar surface area (TPSA) is 24.9 Å². The van der Waals surface area contributed by atoms with Crippen molar-refractivity contribution in [3.05, 3.63) is 40.4 Å². The van der Waals surface area contributed by atoms with E-state index in [4.69, 9.17) is 0 Å². The average molecular weight is 280 g/mol. The molecular weight excluding hydrogens is 266 g/mol. The van der Waals surface area contributed by atoms with E-state index < -0.39 is 11.6 Å². The highest BCUT2D eigenvalue weighted by atomic mass is 32.1. The van der Waals surface area contributed by atoms with Gasteiger partial charge in [-0.05, 0) is 31.9 Å². The van der Waals surface area contributed by atoms with Crippen molar-refractivity contribution in [1.29, 1.82) is 0 Å². The van der Waals surface area contributed by atoms with Crippen LogP contribution in [0.15, 0.2) is 18.2 Å². The number of nitrogens with one attached hydrogen (secondary N) is 1. The molecule has 0 aliphatic heterocycles. The summed E-state index contributed by atoms with van der Waals surface area (Å²) in [5, 5.41) is 4.09. The summed E-state index contributed by atoms with van der Waals surface area (Å²) in [4.78, 5) is 5.54. The number of halogens is 2. The molecule has 1 aliphatic rings. The second-order valence-electron chi connectivity index (χ2n) is 4.84. The minimum absolute atomic E-state index is 0.503. The van der Waals surface area contributed by atoms with Gasteiger partial charge in [-0.25, -0.2) is 13.8 Å². The molecule has 0 radical (unpaired) electrons. The van der Waals surface area contributed by atoms with Crippen LogP contribution in [0.25, 0.3) is 10.6 Å². The standard InChI is InChI=1S/C14H14F2N2S/c1-8-13(7-17-12-2-3-12)19-14(18-8)9-4-10(15)6-11(16)5-9/h4-6,12,17H,2-3,7H2,1H3. The van der Waals surface area contributed by atoms with Crippen LogP contribution in [0.5, 0.6) is 0 Å². The fourth-order valence-corrected chi connectivity index (χ4v) is 2.92. The van der Waals surface area contributed by atoms with Crippen LogP contribution >= 0.6 is 11.3 Å². The molecule has 0 saturated heterocycles. The summed E-state index contributed by atoms with van der Waals surface area (Å²) in [6.07, 6.45) is 2.47. The number of hydrogen-bond donors (Lipinski definition) is 1. The highest BCUT2D eigenvalue weighted by molar-refractivity contribution is 7.15. The molecule has 1 N–H and O–H groups in total. The molecule has 1 aromatic heterocycles. The predicted molar refractivity (Wildman–Crippen MR) is 72.1 cm³/mol. The zero-order valence-corrected chi connectivity index (χ0v) is 11.4. The first kappa shape index (κ1) is 12.7. The molecule has 1 aromatic carbocycles. The van der Waals surface area contributed by atoms with Crippen LogP contribution in [-0.4, -0.2) is 11.0 Å². The maximum atomic E-state index is 13.2. The number of benzene rings is 1. The lowest BCUT2D eigenvalue weighted by Gasteiger charge is -1.99. The zero-order chi connectivity index (χ0) is 13.4. The summed E-state index contributed by atoms with van der Waals surface area (Å²) in [5.41, 5.74) is 1.43. The minimum Gasteiger partial charge on any atom is -0.309 e. The smallest absolute Gasteiger partial charge is 0.126 e. The van der Waals surface area contributed by atoms with Crippen LogP contribution in [0.1, 0.15) is 23.4 Å². The molecule has 1 heterocycles. The first-order valence-corrected chi connectivity index (χ1v) is 7.09. The van der Waals surface area contributed by atoms with E-state index in [0.29, 0.717) is 16.6 Å². The predicted octanol–water partition coefficient (Wildman–Crippen LogP) is 3.65. The Kier molecular flexibility index (Phi) is 3.33. The van der Waals surface area contributed by atoms with E-state index >= 15 is 0 Å². The molecule has 0 atom stereocenters. The molecule has 5 heteroatoms. The van der Waals surface area contributed by atoms with Gasteiger partial charge < -0.3 is 5.32 Å². The van der Waals surface area contributed by atoms with Crippen molar-refractivity contribution in [2.75, 3.05) is 0 Å². The first-order valence-electron chi connectivity index (χ1n) is 6.28. The normalized spacial score (nSPS) is 14.9. The van der Waals surface area contributed by atoms with Gasteiger partial charge in [-0.3, -0.25) is 0 Å². The van der Waals surface area contributed by atoms with Gasteiger partial charge in [-0.2, -0.15) is 0 Å². The molecule has 1 aliphatic carbocycles. The SMILES string of the molecule is Cc1nc(-c2cc(F)cc(F)c2)sc1CNC1CC1. The fraction of sp³-hybridized carbons (Fsp3) is 0.357. The second-order valence-corrected chi connectivity index (χ2v) is 5.92. The first-order chi connectivity index (χ1) is 9.11. The van der Waals surface area contributed by atoms with Gasteiger partial charge >= 0.3 is 0 Å². The molecule has 0 amide bonds. The van der Waals surface area contributed by atoms with Gasteiger partial charge in [0.1, 0.15) is 16.6 Å². The van der Waals surface area contributed by atoms with Crippen LogP contribution in [-0.2, 0) is 6.54 Å². The van der Waals surface area contributed by atoms with E-state index in [0.717, 1.165) is 23.2 Å². The number of aryl methyl sites for hydroxylation is 1. The van der Waals surface area contributed by atoms with E-state index in [1.165, 1.54) is 36.3 Å². The largest absolute Gasteiger partial charge is 0.309 e. The fourth-order valence-electron chi connectivity index (χ4n) is 1.92. The third-order valence-corrected chi connectivity index (χ3v) is 4.34. The Morgan fingerprint density at radius 1 is 1.26 bits per heavy atom. The maximum absolute atomic E-state index is 13.2. The highest BCUT2D eigenvalue weighted by Crippen LogP contribution is 2.29. The summed E-state index contributed by atoms with van der Waals surface area (Å²) in [6.45, 7) is 2.71. The monoisotopic (exact) mass is 280 g/mol. The Labute approximate surface area is 114 Å². The zero-order valence-electron chi connectivity index (χ0n) is 10.5. The van der Waals surface area contributed by atoms with Crippen LogP contribution in [0.2, 0.25) is 0 Å². The molecule has 19 heavy (non-hydrogen) atoms. The minimum atomic E-state index is -0.569. The summed E-state index contributed by atoms with van der Waals surface area (Å²) in [7, 11) is 0. The van der Waals surface area contributed by atoms with Gasteiger partial charge in [0.25, 0.3) is 0 Å². The van der Waals surface area contributed by atoms with Crippen molar-refractivity contribution < 1.29 is 8.78 Å². The lowest BCUT2D eigenvalue weighted by Crippen LogP contribution is -2.14. The molecule has 0 bridgehead atoms. The number of rotatable bonds is 4. The van der Waals surface area contributed by atoms with Crippen molar-refractivity contribution in [2.24, 2.45) is 0 Å².